The van der Waals surface area contributed by atoms with Crippen LogP contribution in [0.3, 0.4) is 0 Å². The highest BCUT2D eigenvalue weighted by atomic mass is 35.5. The lowest BCUT2D eigenvalue weighted by atomic mass is 10.1. The van der Waals surface area contributed by atoms with Gasteiger partial charge in [-0.25, -0.2) is 14.9 Å². The second kappa shape index (κ2) is 7.35. The lowest BCUT2D eigenvalue weighted by molar-refractivity contribution is -0.164. The summed E-state index contributed by atoms with van der Waals surface area (Å²) in [4.78, 5) is 22.9. The summed E-state index contributed by atoms with van der Waals surface area (Å²) < 4.78 is 5.16. The van der Waals surface area contributed by atoms with Crippen LogP contribution in [-0.4, -0.2) is 36.7 Å². The van der Waals surface area contributed by atoms with Gasteiger partial charge in [-0.2, -0.15) is 0 Å². The third-order valence-electron chi connectivity index (χ3n) is 3.90. The number of aliphatic imine (C=N–C) groups is 1. The van der Waals surface area contributed by atoms with E-state index in [0.717, 1.165) is 5.56 Å². The van der Waals surface area contributed by atoms with Crippen molar-refractivity contribution >= 4 is 29.0 Å². The molecule has 1 atom stereocenters. The van der Waals surface area contributed by atoms with Crippen molar-refractivity contribution in [1.29, 1.82) is 0 Å². The fourth-order valence-electron chi connectivity index (χ4n) is 2.80. The first-order chi connectivity index (χ1) is 12.4. The average molecular weight is 374 g/mol. The Morgan fingerprint density at radius 2 is 2.08 bits per heavy atom. The zero-order valence-corrected chi connectivity index (χ0v) is 15.6. The van der Waals surface area contributed by atoms with Crippen molar-refractivity contribution in [3.8, 4) is 5.75 Å². The van der Waals surface area contributed by atoms with E-state index in [0.29, 0.717) is 22.3 Å². The SMILES string of the molecule is COc1cccc(NC(=O)CC2(C)N=C(c3cccc(Cl)c3)N(C)O2)c1. The topological polar surface area (TPSA) is 63.2 Å². The Labute approximate surface area is 157 Å². The zero-order chi connectivity index (χ0) is 18.7. The number of benzene rings is 2. The molecule has 1 heterocycles. The third kappa shape index (κ3) is 4.15. The van der Waals surface area contributed by atoms with Gasteiger partial charge in [0.2, 0.25) is 5.91 Å². The van der Waals surface area contributed by atoms with Crippen molar-refractivity contribution in [2.75, 3.05) is 19.5 Å². The number of rotatable bonds is 5. The van der Waals surface area contributed by atoms with Crippen LogP contribution in [0.25, 0.3) is 0 Å². The number of halogens is 1. The van der Waals surface area contributed by atoms with Crippen molar-refractivity contribution in [2.24, 2.45) is 4.99 Å². The van der Waals surface area contributed by atoms with E-state index in [9.17, 15) is 4.79 Å². The molecule has 1 amide bonds. The van der Waals surface area contributed by atoms with Crippen LogP contribution in [-0.2, 0) is 9.63 Å². The van der Waals surface area contributed by atoms with E-state index in [1.807, 2.05) is 30.3 Å². The number of amidine groups is 1. The molecule has 1 N–H and O–H groups in total. The van der Waals surface area contributed by atoms with Crippen LogP contribution in [0.2, 0.25) is 5.02 Å². The molecule has 2 aromatic carbocycles. The molecule has 0 saturated heterocycles. The number of nitrogens with one attached hydrogen (secondary N) is 1. The van der Waals surface area contributed by atoms with Crippen molar-refractivity contribution in [1.82, 2.24) is 5.06 Å². The maximum Gasteiger partial charge on any atom is 0.229 e. The van der Waals surface area contributed by atoms with Crippen LogP contribution in [0.5, 0.6) is 5.75 Å². The first kappa shape index (κ1) is 18.2. The van der Waals surface area contributed by atoms with E-state index < -0.39 is 5.72 Å². The summed E-state index contributed by atoms with van der Waals surface area (Å²) in [6.07, 6.45) is 0.0681. The molecule has 0 radical (unpaired) electrons. The molecule has 0 aliphatic carbocycles. The summed E-state index contributed by atoms with van der Waals surface area (Å²) >= 11 is 6.05. The normalized spacial score (nSPS) is 19.2. The van der Waals surface area contributed by atoms with Gasteiger partial charge in [-0.15, -0.1) is 0 Å². The van der Waals surface area contributed by atoms with Gasteiger partial charge in [0.05, 0.1) is 13.5 Å². The minimum absolute atomic E-state index is 0.0681. The van der Waals surface area contributed by atoms with E-state index in [2.05, 4.69) is 10.3 Å². The molecule has 0 spiro atoms. The largest absolute Gasteiger partial charge is 0.497 e. The Hall–Kier alpha value is -2.57. The molecular weight excluding hydrogens is 354 g/mol. The smallest absolute Gasteiger partial charge is 0.229 e. The number of ether oxygens (including phenoxy) is 1. The molecule has 1 unspecified atom stereocenters. The minimum atomic E-state index is -0.991. The number of carbonyl (C=O) groups is 1. The highest BCUT2D eigenvalue weighted by Gasteiger charge is 2.37. The maximum absolute atomic E-state index is 12.4. The number of hydrogen-bond acceptors (Lipinski definition) is 5. The van der Waals surface area contributed by atoms with E-state index in [1.54, 1.807) is 44.3 Å². The van der Waals surface area contributed by atoms with Gasteiger partial charge in [0, 0.05) is 29.4 Å². The molecule has 0 bridgehead atoms. The molecule has 7 heteroatoms. The number of hydroxylamine groups is 2. The van der Waals surface area contributed by atoms with E-state index in [1.165, 1.54) is 0 Å². The summed E-state index contributed by atoms with van der Waals surface area (Å²) in [5.41, 5.74) is 0.496. The van der Waals surface area contributed by atoms with Crippen LogP contribution in [0.15, 0.2) is 53.5 Å². The molecule has 0 saturated carbocycles. The summed E-state index contributed by atoms with van der Waals surface area (Å²) in [5, 5.41) is 5.01. The Balaban J connectivity index is 1.73. The van der Waals surface area contributed by atoms with Gasteiger partial charge in [-0.05, 0) is 31.2 Å². The number of carbonyl (C=O) groups excluding carboxylic acids is 1. The monoisotopic (exact) mass is 373 g/mol. The third-order valence-corrected chi connectivity index (χ3v) is 4.13. The molecule has 26 heavy (non-hydrogen) atoms. The predicted molar refractivity (Wildman–Crippen MR) is 101 cm³/mol. The van der Waals surface area contributed by atoms with E-state index in [4.69, 9.17) is 21.2 Å². The van der Waals surface area contributed by atoms with Crippen LogP contribution < -0.4 is 10.1 Å². The van der Waals surface area contributed by atoms with Gasteiger partial charge in [0.25, 0.3) is 0 Å². The Morgan fingerprint density at radius 1 is 1.31 bits per heavy atom. The van der Waals surface area contributed by atoms with Gasteiger partial charge in [-0.3, -0.25) is 4.79 Å². The fraction of sp³-hybridized carbons (Fsp3) is 0.263. The van der Waals surface area contributed by atoms with Crippen LogP contribution in [0.1, 0.15) is 18.9 Å². The first-order valence-electron chi connectivity index (χ1n) is 8.11. The van der Waals surface area contributed by atoms with E-state index in [-0.39, 0.29) is 12.3 Å². The Kier molecular flexibility index (Phi) is 5.15. The molecule has 6 nitrogen and oxygen atoms in total. The standard InChI is InChI=1S/C19H20ClN3O3/c1-19(12-17(24)21-15-8-5-9-16(11-15)25-3)22-18(23(2)26-19)13-6-4-7-14(20)10-13/h4-11H,12H2,1-3H3,(H,21,24). The highest BCUT2D eigenvalue weighted by Crippen LogP contribution is 2.29. The predicted octanol–water partition coefficient (Wildman–Crippen LogP) is 3.72. The van der Waals surface area contributed by atoms with Crippen molar-refractivity contribution in [3.63, 3.8) is 0 Å². The molecule has 1 aliphatic heterocycles. The number of hydrogen-bond donors (Lipinski definition) is 1. The Morgan fingerprint density at radius 3 is 2.81 bits per heavy atom. The summed E-state index contributed by atoms with van der Waals surface area (Å²) in [5.74, 6) is 1.10. The van der Waals surface area contributed by atoms with Gasteiger partial charge in [0.15, 0.2) is 11.6 Å². The van der Waals surface area contributed by atoms with Gasteiger partial charge < -0.3 is 10.1 Å². The quantitative estimate of drug-likeness (QED) is 0.867. The summed E-state index contributed by atoms with van der Waals surface area (Å²) in [7, 11) is 3.33. The summed E-state index contributed by atoms with van der Waals surface area (Å²) in [6, 6.07) is 14.5. The number of nitrogens with zero attached hydrogens (tertiary/aromatic N) is 2. The second-order valence-corrected chi connectivity index (χ2v) is 6.60. The van der Waals surface area contributed by atoms with Crippen molar-refractivity contribution < 1.29 is 14.4 Å². The molecule has 1 aliphatic rings. The maximum atomic E-state index is 12.4. The van der Waals surface area contributed by atoms with Crippen LogP contribution >= 0.6 is 11.6 Å². The van der Waals surface area contributed by atoms with Crippen molar-refractivity contribution in [2.45, 2.75) is 19.1 Å². The van der Waals surface area contributed by atoms with Gasteiger partial charge >= 0.3 is 0 Å². The molecule has 0 fully saturated rings. The molecule has 0 aromatic heterocycles. The van der Waals surface area contributed by atoms with Crippen LogP contribution in [0, 0.1) is 0 Å². The number of amides is 1. The second-order valence-electron chi connectivity index (χ2n) is 6.17. The highest BCUT2D eigenvalue weighted by molar-refractivity contribution is 6.31. The van der Waals surface area contributed by atoms with Gasteiger partial charge in [0.1, 0.15) is 5.75 Å². The average Bonchev–Trinajstić information content (AvgIpc) is 2.89. The lowest BCUT2D eigenvalue weighted by Crippen LogP contribution is -2.32. The van der Waals surface area contributed by atoms with Gasteiger partial charge in [-0.1, -0.05) is 29.8 Å². The molecule has 2 aromatic rings. The summed E-state index contributed by atoms with van der Waals surface area (Å²) in [6.45, 7) is 1.77. The van der Waals surface area contributed by atoms with Crippen LogP contribution in [0.4, 0.5) is 5.69 Å². The Bertz CT molecular complexity index is 855. The fourth-order valence-corrected chi connectivity index (χ4v) is 2.99. The molecule has 136 valence electrons. The first-order valence-corrected chi connectivity index (χ1v) is 8.49. The number of methoxy groups -OCH3 is 1. The zero-order valence-electron chi connectivity index (χ0n) is 14.8. The molecular formula is C19H20ClN3O3. The van der Waals surface area contributed by atoms with E-state index >= 15 is 0 Å². The number of anilines is 1. The van der Waals surface area contributed by atoms with Crippen molar-refractivity contribution in [3.05, 3.63) is 59.1 Å². The molecule has 3 rings (SSSR count). The minimum Gasteiger partial charge on any atom is -0.497 e. The lowest BCUT2D eigenvalue weighted by Gasteiger charge is -2.21.